The average molecular weight is 373 g/mol. The molecule has 2 aromatic carbocycles. The van der Waals surface area contributed by atoms with Crippen LogP contribution >= 0.6 is 11.6 Å². The molecule has 0 aromatic heterocycles. The van der Waals surface area contributed by atoms with Crippen molar-refractivity contribution in [3.8, 4) is 5.75 Å². The number of rotatable bonds is 5. The molecule has 0 atom stereocenters. The van der Waals surface area contributed by atoms with Crippen molar-refractivity contribution in [2.45, 2.75) is 20.3 Å². The standard InChI is InChI=1S/C20H21ClN2O3/c1-13(2)20(25)23-10-9-14-11-16(5-8-18(14)23)22-19(24)12-26-17-6-3-15(21)4-7-17/h3-8,11,13H,9-10,12H2,1-2H3,(H,22,24). The summed E-state index contributed by atoms with van der Waals surface area (Å²) in [7, 11) is 0. The number of carbonyl (C=O) groups is 2. The molecule has 2 aromatic rings. The van der Waals surface area contributed by atoms with Crippen LogP contribution < -0.4 is 15.0 Å². The van der Waals surface area contributed by atoms with Crippen LogP contribution in [0.25, 0.3) is 0 Å². The lowest BCUT2D eigenvalue weighted by Gasteiger charge is -2.19. The van der Waals surface area contributed by atoms with Gasteiger partial charge >= 0.3 is 0 Å². The van der Waals surface area contributed by atoms with Gasteiger partial charge in [0.05, 0.1) is 0 Å². The van der Waals surface area contributed by atoms with Gasteiger partial charge in [-0.3, -0.25) is 9.59 Å². The SMILES string of the molecule is CC(C)C(=O)N1CCc2cc(NC(=O)COc3ccc(Cl)cc3)ccc21. The van der Waals surface area contributed by atoms with Gasteiger partial charge in [-0.1, -0.05) is 25.4 Å². The van der Waals surface area contributed by atoms with E-state index >= 15 is 0 Å². The van der Waals surface area contributed by atoms with Gasteiger partial charge in [-0.2, -0.15) is 0 Å². The molecule has 3 rings (SSSR count). The Morgan fingerprint density at radius 3 is 2.62 bits per heavy atom. The smallest absolute Gasteiger partial charge is 0.262 e. The fourth-order valence-electron chi connectivity index (χ4n) is 2.90. The van der Waals surface area contributed by atoms with Crippen molar-refractivity contribution < 1.29 is 14.3 Å². The van der Waals surface area contributed by atoms with E-state index in [2.05, 4.69) is 5.32 Å². The number of hydrogen-bond donors (Lipinski definition) is 1. The van der Waals surface area contributed by atoms with E-state index in [1.807, 2.05) is 36.9 Å². The summed E-state index contributed by atoms with van der Waals surface area (Å²) in [6.45, 7) is 4.39. The predicted octanol–water partition coefficient (Wildman–Crippen LogP) is 3.90. The quantitative estimate of drug-likeness (QED) is 0.865. The first kappa shape index (κ1) is 18.3. The molecule has 136 valence electrons. The van der Waals surface area contributed by atoms with E-state index in [4.69, 9.17) is 16.3 Å². The largest absolute Gasteiger partial charge is 0.484 e. The highest BCUT2D eigenvalue weighted by molar-refractivity contribution is 6.30. The zero-order valence-electron chi connectivity index (χ0n) is 14.8. The molecule has 1 aliphatic rings. The molecular formula is C20H21ClN2O3. The molecule has 0 saturated carbocycles. The first-order chi connectivity index (χ1) is 12.4. The van der Waals surface area contributed by atoms with Crippen LogP contribution in [0.4, 0.5) is 11.4 Å². The second kappa shape index (κ2) is 7.79. The number of halogens is 1. The lowest BCUT2D eigenvalue weighted by Crippen LogP contribution is -2.32. The molecule has 1 N–H and O–H groups in total. The van der Waals surface area contributed by atoms with Crippen molar-refractivity contribution in [3.05, 3.63) is 53.1 Å². The molecule has 1 heterocycles. The predicted molar refractivity (Wildman–Crippen MR) is 103 cm³/mol. The van der Waals surface area contributed by atoms with Crippen molar-refractivity contribution in [2.24, 2.45) is 5.92 Å². The molecule has 26 heavy (non-hydrogen) atoms. The summed E-state index contributed by atoms with van der Waals surface area (Å²) in [5.74, 6) is 0.427. The van der Waals surface area contributed by atoms with Crippen LogP contribution in [0.5, 0.6) is 5.75 Å². The number of fused-ring (bicyclic) bond motifs is 1. The Labute approximate surface area is 157 Å². The number of carbonyl (C=O) groups excluding carboxylic acids is 2. The maximum atomic E-state index is 12.2. The summed E-state index contributed by atoms with van der Waals surface area (Å²) in [5.41, 5.74) is 2.70. The van der Waals surface area contributed by atoms with E-state index in [1.165, 1.54) is 0 Å². The van der Waals surface area contributed by atoms with E-state index in [0.717, 1.165) is 17.7 Å². The van der Waals surface area contributed by atoms with Gasteiger partial charge in [0.2, 0.25) is 5.91 Å². The third-order valence-electron chi connectivity index (χ3n) is 4.20. The minimum absolute atomic E-state index is 0.0367. The van der Waals surface area contributed by atoms with Crippen LogP contribution in [0.3, 0.4) is 0 Å². The minimum Gasteiger partial charge on any atom is -0.484 e. The van der Waals surface area contributed by atoms with Gasteiger partial charge in [0.1, 0.15) is 5.75 Å². The van der Waals surface area contributed by atoms with E-state index < -0.39 is 0 Å². The second-order valence-electron chi connectivity index (χ2n) is 6.53. The van der Waals surface area contributed by atoms with E-state index in [-0.39, 0.29) is 24.3 Å². The number of amides is 2. The molecular weight excluding hydrogens is 352 g/mol. The highest BCUT2D eigenvalue weighted by Crippen LogP contribution is 2.31. The van der Waals surface area contributed by atoms with Gasteiger partial charge < -0.3 is 15.0 Å². The van der Waals surface area contributed by atoms with Gasteiger partial charge in [-0.25, -0.2) is 0 Å². The van der Waals surface area contributed by atoms with Crippen LogP contribution in [0, 0.1) is 5.92 Å². The van der Waals surface area contributed by atoms with Crippen molar-refractivity contribution in [2.75, 3.05) is 23.4 Å². The van der Waals surface area contributed by atoms with E-state index in [1.54, 1.807) is 24.3 Å². The third kappa shape index (κ3) is 4.17. The molecule has 0 aliphatic carbocycles. The fourth-order valence-corrected chi connectivity index (χ4v) is 3.02. The van der Waals surface area contributed by atoms with Gasteiger partial charge in [0.25, 0.3) is 5.91 Å². The molecule has 5 nitrogen and oxygen atoms in total. The molecule has 0 bridgehead atoms. The van der Waals surface area contributed by atoms with Crippen molar-refractivity contribution in [1.82, 2.24) is 0 Å². The fraction of sp³-hybridized carbons (Fsp3) is 0.300. The van der Waals surface area contributed by atoms with Gasteiger partial charge in [-0.05, 0) is 54.4 Å². The molecule has 0 radical (unpaired) electrons. The molecule has 1 aliphatic heterocycles. The monoisotopic (exact) mass is 372 g/mol. The topological polar surface area (TPSA) is 58.6 Å². The summed E-state index contributed by atoms with van der Waals surface area (Å²) in [4.78, 5) is 26.1. The number of benzene rings is 2. The Hall–Kier alpha value is -2.53. The third-order valence-corrected chi connectivity index (χ3v) is 4.45. The normalized spacial score (nSPS) is 12.8. The van der Waals surface area contributed by atoms with Crippen molar-refractivity contribution >= 4 is 34.8 Å². The van der Waals surface area contributed by atoms with Crippen molar-refractivity contribution in [3.63, 3.8) is 0 Å². The van der Waals surface area contributed by atoms with Gasteiger partial charge in [-0.15, -0.1) is 0 Å². The van der Waals surface area contributed by atoms with E-state index in [9.17, 15) is 9.59 Å². The zero-order valence-corrected chi connectivity index (χ0v) is 15.5. The second-order valence-corrected chi connectivity index (χ2v) is 6.97. The van der Waals surface area contributed by atoms with Crippen LogP contribution in [0.1, 0.15) is 19.4 Å². The Morgan fingerprint density at radius 1 is 1.19 bits per heavy atom. The number of nitrogens with one attached hydrogen (secondary N) is 1. The number of hydrogen-bond acceptors (Lipinski definition) is 3. The molecule has 6 heteroatoms. The number of nitrogens with zero attached hydrogens (tertiary/aromatic N) is 1. The molecule has 0 spiro atoms. The lowest BCUT2D eigenvalue weighted by atomic mass is 10.1. The Kier molecular flexibility index (Phi) is 5.47. The van der Waals surface area contributed by atoms with Gasteiger partial charge in [0.15, 0.2) is 6.61 Å². The summed E-state index contributed by atoms with van der Waals surface area (Å²) in [6, 6.07) is 12.5. The summed E-state index contributed by atoms with van der Waals surface area (Å²) in [6.07, 6.45) is 0.790. The Morgan fingerprint density at radius 2 is 1.92 bits per heavy atom. The molecule has 0 fully saturated rings. The molecule has 0 unspecified atom stereocenters. The van der Waals surface area contributed by atoms with Crippen LogP contribution in [-0.2, 0) is 16.0 Å². The Balaban J connectivity index is 1.60. The van der Waals surface area contributed by atoms with Crippen LogP contribution in [0.15, 0.2) is 42.5 Å². The number of anilines is 2. The first-order valence-corrected chi connectivity index (χ1v) is 8.94. The first-order valence-electron chi connectivity index (χ1n) is 8.56. The summed E-state index contributed by atoms with van der Waals surface area (Å²) < 4.78 is 5.44. The highest BCUT2D eigenvalue weighted by Gasteiger charge is 2.26. The van der Waals surface area contributed by atoms with Gasteiger partial charge in [0, 0.05) is 28.9 Å². The maximum absolute atomic E-state index is 12.2. The zero-order chi connectivity index (χ0) is 18.7. The number of ether oxygens (including phenoxy) is 1. The average Bonchev–Trinajstić information content (AvgIpc) is 3.03. The Bertz CT molecular complexity index is 818. The van der Waals surface area contributed by atoms with Crippen LogP contribution in [-0.4, -0.2) is 25.0 Å². The molecule has 2 amide bonds. The van der Waals surface area contributed by atoms with E-state index in [0.29, 0.717) is 23.0 Å². The highest BCUT2D eigenvalue weighted by atomic mass is 35.5. The molecule has 0 saturated heterocycles. The van der Waals surface area contributed by atoms with Crippen LogP contribution in [0.2, 0.25) is 5.02 Å². The lowest BCUT2D eigenvalue weighted by molar-refractivity contribution is -0.121. The minimum atomic E-state index is -0.243. The summed E-state index contributed by atoms with van der Waals surface area (Å²) >= 11 is 5.82. The summed E-state index contributed by atoms with van der Waals surface area (Å²) in [5, 5.41) is 3.44. The van der Waals surface area contributed by atoms with Crippen molar-refractivity contribution in [1.29, 1.82) is 0 Å². The maximum Gasteiger partial charge on any atom is 0.262 e.